The molecule has 3 aromatic rings. The molecule has 3 heteroatoms. The van der Waals surface area contributed by atoms with Crippen LogP contribution in [-0.4, -0.2) is 6.29 Å². The molecule has 0 spiro atoms. The Hall–Kier alpha value is -3.07. The van der Waals surface area contributed by atoms with Crippen LogP contribution < -0.4 is 10.6 Å². The highest BCUT2D eigenvalue weighted by molar-refractivity contribution is 5.75. The Bertz CT molecular complexity index is 791. The van der Waals surface area contributed by atoms with Crippen LogP contribution >= 0.6 is 0 Å². The van der Waals surface area contributed by atoms with Gasteiger partial charge in [-0.1, -0.05) is 29.8 Å². The number of hydrogen-bond donors (Lipinski definition) is 2. The minimum absolute atomic E-state index is 0.687. The number of rotatable bonds is 6. The molecule has 0 aliphatic heterocycles. The highest BCUT2D eigenvalue weighted by atomic mass is 16.1. The van der Waals surface area contributed by atoms with Gasteiger partial charge in [0.25, 0.3) is 0 Å². The molecule has 120 valence electrons. The van der Waals surface area contributed by atoms with Crippen LogP contribution in [0.2, 0.25) is 0 Å². The lowest BCUT2D eigenvalue weighted by Crippen LogP contribution is -1.99. The molecule has 3 rings (SSSR count). The molecule has 0 atom stereocenters. The maximum absolute atomic E-state index is 10.7. The van der Waals surface area contributed by atoms with Gasteiger partial charge in [-0.25, -0.2) is 0 Å². The lowest BCUT2D eigenvalue weighted by atomic mass is 10.1. The predicted molar refractivity (Wildman–Crippen MR) is 100 cm³/mol. The quantitative estimate of drug-likeness (QED) is 0.617. The number of anilines is 3. The minimum Gasteiger partial charge on any atom is -0.381 e. The predicted octanol–water partition coefficient (Wildman–Crippen LogP) is 5.16. The number of aryl methyl sites for hydroxylation is 1. The smallest absolute Gasteiger partial charge is 0.150 e. The second-order valence-electron chi connectivity index (χ2n) is 5.78. The van der Waals surface area contributed by atoms with Crippen LogP contribution in [-0.2, 0) is 6.54 Å². The molecule has 0 heterocycles. The fourth-order valence-corrected chi connectivity index (χ4v) is 2.39. The first-order valence-electron chi connectivity index (χ1n) is 7.95. The van der Waals surface area contributed by atoms with E-state index in [9.17, 15) is 4.79 Å². The number of hydrogen-bond acceptors (Lipinski definition) is 3. The zero-order valence-corrected chi connectivity index (χ0v) is 13.6. The van der Waals surface area contributed by atoms with Crippen molar-refractivity contribution in [3.63, 3.8) is 0 Å². The number of nitrogens with one attached hydrogen (secondary N) is 2. The lowest BCUT2D eigenvalue weighted by Gasteiger charge is -2.09. The molecule has 24 heavy (non-hydrogen) atoms. The number of carbonyl (C=O) groups is 1. The second kappa shape index (κ2) is 7.47. The topological polar surface area (TPSA) is 41.1 Å². The molecule has 0 aromatic heterocycles. The number of benzene rings is 3. The SMILES string of the molecule is Cc1ccc(Nc2ccc(CNc3ccc(C=O)cc3)cc2)cc1. The van der Waals surface area contributed by atoms with Crippen molar-refractivity contribution < 1.29 is 4.79 Å². The maximum atomic E-state index is 10.7. The summed E-state index contributed by atoms with van der Waals surface area (Å²) in [5, 5.41) is 6.74. The molecular formula is C21H20N2O. The van der Waals surface area contributed by atoms with Crippen molar-refractivity contribution in [2.45, 2.75) is 13.5 Å². The van der Waals surface area contributed by atoms with Crippen LogP contribution in [0.1, 0.15) is 21.5 Å². The zero-order chi connectivity index (χ0) is 16.8. The maximum Gasteiger partial charge on any atom is 0.150 e. The van der Waals surface area contributed by atoms with E-state index in [1.807, 2.05) is 24.3 Å². The summed E-state index contributed by atoms with van der Waals surface area (Å²) in [6, 6.07) is 24.1. The van der Waals surface area contributed by atoms with E-state index in [0.717, 1.165) is 29.9 Å². The molecule has 0 unspecified atom stereocenters. The minimum atomic E-state index is 0.687. The Morgan fingerprint density at radius 1 is 0.750 bits per heavy atom. The van der Waals surface area contributed by atoms with Crippen LogP contribution in [0.4, 0.5) is 17.1 Å². The van der Waals surface area contributed by atoms with Crippen molar-refractivity contribution in [2.24, 2.45) is 0 Å². The van der Waals surface area contributed by atoms with Crippen molar-refractivity contribution in [3.8, 4) is 0 Å². The normalized spacial score (nSPS) is 10.2. The Labute approximate surface area is 142 Å². The first-order valence-corrected chi connectivity index (χ1v) is 7.95. The van der Waals surface area contributed by atoms with Crippen molar-refractivity contribution >= 4 is 23.3 Å². The first kappa shape index (κ1) is 15.8. The Balaban J connectivity index is 1.57. The average Bonchev–Trinajstić information content (AvgIpc) is 2.63. The van der Waals surface area contributed by atoms with Gasteiger partial charge < -0.3 is 10.6 Å². The summed E-state index contributed by atoms with van der Waals surface area (Å²) in [5.41, 5.74) is 6.29. The monoisotopic (exact) mass is 316 g/mol. The summed E-state index contributed by atoms with van der Waals surface area (Å²) in [6.07, 6.45) is 0.851. The van der Waals surface area contributed by atoms with Crippen LogP contribution in [0.5, 0.6) is 0 Å². The lowest BCUT2D eigenvalue weighted by molar-refractivity contribution is 0.112. The Morgan fingerprint density at radius 2 is 1.29 bits per heavy atom. The standard InChI is InChI=1S/C21H20N2O/c1-16-2-8-20(9-3-16)23-21-12-4-17(5-13-21)14-22-19-10-6-18(15-24)7-11-19/h2-13,15,22-23H,14H2,1H3. The van der Waals surface area contributed by atoms with Gasteiger partial charge in [0.2, 0.25) is 0 Å². The molecule has 0 fully saturated rings. The van der Waals surface area contributed by atoms with E-state index >= 15 is 0 Å². The molecule has 0 aliphatic rings. The fourth-order valence-electron chi connectivity index (χ4n) is 2.39. The molecule has 0 saturated carbocycles. The molecule has 2 N–H and O–H groups in total. The van der Waals surface area contributed by atoms with Crippen LogP contribution in [0, 0.1) is 6.92 Å². The third-order valence-corrected chi connectivity index (χ3v) is 3.84. The molecule has 0 aliphatic carbocycles. The average molecular weight is 316 g/mol. The molecule has 0 amide bonds. The summed E-state index contributed by atoms with van der Waals surface area (Å²) in [4.78, 5) is 10.7. The number of carbonyl (C=O) groups excluding carboxylic acids is 1. The van der Waals surface area contributed by atoms with E-state index in [-0.39, 0.29) is 0 Å². The zero-order valence-electron chi connectivity index (χ0n) is 13.6. The molecule has 0 radical (unpaired) electrons. The van der Waals surface area contributed by atoms with Crippen molar-refractivity contribution in [2.75, 3.05) is 10.6 Å². The molecular weight excluding hydrogens is 296 g/mol. The van der Waals surface area contributed by atoms with E-state index in [0.29, 0.717) is 5.56 Å². The van der Waals surface area contributed by atoms with Gasteiger partial charge in [-0.2, -0.15) is 0 Å². The van der Waals surface area contributed by atoms with Gasteiger partial charge in [0.1, 0.15) is 6.29 Å². The molecule has 3 nitrogen and oxygen atoms in total. The van der Waals surface area contributed by atoms with Gasteiger partial charge in [0.15, 0.2) is 0 Å². The fraction of sp³-hybridized carbons (Fsp3) is 0.0952. The van der Waals surface area contributed by atoms with Crippen LogP contribution in [0.3, 0.4) is 0 Å². The molecule has 3 aromatic carbocycles. The third kappa shape index (κ3) is 4.23. The van der Waals surface area contributed by atoms with Crippen LogP contribution in [0.15, 0.2) is 72.8 Å². The van der Waals surface area contributed by atoms with Gasteiger partial charge in [-0.3, -0.25) is 4.79 Å². The summed E-state index contributed by atoms with van der Waals surface area (Å²) in [5.74, 6) is 0. The number of aldehydes is 1. The van der Waals surface area contributed by atoms with Crippen LogP contribution in [0.25, 0.3) is 0 Å². The highest BCUT2D eigenvalue weighted by Gasteiger charge is 1.98. The molecule has 0 bridgehead atoms. The van der Waals surface area contributed by atoms with Crippen molar-refractivity contribution in [3.05, 3.63) is 89.5 Å². The van der Waals surface area contributed by atoms with Crippen molar-refractivity contribution in [1.29, 1.82) is 0 Å². The first-order chi connectivity index (χ1) is 11.7. The van der Waals surface area contributed by atoms with E-state index in [1.54, 1.807) is 0 Å². The van der Waals surface area contributed by atoms with E-state index in [1.165, 1.54) is 11.1 Å². The van der Waals surface area contributed by atoms with E-state index in [2.05, 4.69) is 66.1 Å². The van der Waals surface area contributed by atoms with Crippen molar-refractivity contribution in [1.82, 2.24) is 0 Å². The summed E-state index contributed by atoms with van der Waals surface area (Å²) < 4.78 is 0. The van der Waals surface area contributed by atoms with Gasteiger partial charge in [0, 0.05) is 29.2 Å². The summed E-state index contributed by atoms with van der Waals surface area (Å²) in [7, 11) is 0. The van der Waals surface area contributed by atoms with Gasteiger partial charge >= 0.3 is 0 Å². The van der Waals surface area contributed by atoms with E-state index in [4.69, 9.17) is 0 Å². The Morgan fingerprint density at radius 3 is 1.88 bits per heavy atom. The molecule has 0 saturated heterocycles. The summed E-state index contributed by atoms with van der Waals surface area (Å²) >= 11 is 0. The Kier molecular flexibility index (Phi) is 4.92. The third-order valence-electron chi connectivity index (χ3n) is 3.84. The van der Waals surface area contributed by atoms with Gasteiger partial charge in [-0.05, 0) is 61.0 Å². The van der Waals surface area contributed by atoms with Gasteiger partial charge in [-0.15, -0.1) is 0 Å². The largest absolute Gasteiger partial charge is 0.381 e. The van der Waals surface area contributed by atoms with Gasteiger partial charge in [0.05, 0.1) is 0 Å². The second-order valence-corrected chi connectivity index (χ2v) is 5.78. The van der Waals surface area contributed by atoms with E-state index < -0.39 is 0 Å². The highest BCUT2D eigenvalue weighted by Crippen LogP contribution is 2.18. The summed E-state index contributed by atoms with van der Waals surface area (Å²) in [6.45, 7) is 2.82.